The number of aliphatic hydroxyl groups excluding tert-OH is 1. The Morgan fingerprint density at radius 2 is 2.32 bits per heavy atom. The number of hydrogen-bond donors (Lipinski definition) is 2. The molecular weight excluding hydrogens is 278 g/mol. The Hall–Kier alpha value is -0.650. The number of thioether (sulfide) groups is 2. The van der Waals surface area contributed by atoms with Gasteiger partial charge >= 0.3 is 0 Å². The number of carbonyl (C=O) groups excluding carboxylic acids is 1. The molecule has 1 aliphatic rings. The van der Waals surface area contributed by atoms with Crippen molar-refractivity contribution in [1.82, 2.24) is 5.32 Å². The Kier molecular flexibility index (Phi) is 5.19. The van der Waals surface area contributed by atoms with Gasteiger partial charge in [0.25, 0.3) is 0 Å². The van der Waals surface area contributed by atoms with Gasteiger partial charge in [-0.25, -0.2) is 0 Å². The Balaban J connectivity index is 2.02. The molecule has 1 amide bonds. The van der Waals surface area contributed by atoms with Crippen molar-refractivity contribution in [2.75, 3.05) is 18.6 Å². The highest BCUT2D eigenvalue weighted by Crippen LogP contribution is 2.39. The third kappa shape index (κ3) is 3.27. The quantitative estimate of drug-likeness (QED) is 0.874. The van der Waals surface area contributed by atoms with E-state index in [1.54, 1.807) is 23.5 Å². The molecule has 0 radical (unpaired) electrons. The molecule has 0 aromatic heterocycles. The summed E-state index contributed by atoms with van der Waals surface area (Å²) in [6.45, 7) is 2.03. The van der Waals surface area contributed by atoms with Crippen LogP contribution in [0.15, 0.2) is 29.2 Å². The van der Waals surface area contributed by atoms with E-state index in [-0.39, 0.29) is 29.7 Å². The molecule has 0 spiro atoms. The van der Waals surface area contributed by atoms with Gasteiger partial charge in [-0.05, 0) is 24.8 Å². The molecule has 3 unspecified atom stereocenters. The third-order valence-corrected chi connectivity index (χ3v) is 5.77. The minimum absolute atomic E-state index is 0.0229. The average Bonchev–Trinajstić information content (AvgIpc) is 2.84. The molecular formula is C14H19NO2S2. The van der Waals surface area contributed by atoms with Gasteiger partial charge in [0.1, 0.15) is 0 Å². The smallest absolute Gasteiger partial charge is 0.228 e. The monoisotopic (exact) mass is 297 g/mol. The van der Waals surface area contributed by atoms with Crippen molar-refractivity contribution in [2.45, 2.75) is 29.0 Å². The zero-order valence-electron chi connectivity index (χ0n) is 11.1. The van der Waals surface area contributed by atoms with Gasteiger partial charge in [-0.15, -0.1) is 11.8 Å². The second kappa shape index (κ2) is 6.68. The second-order valence-corrected chi connectivity index (χ2v) is 6.79. The molecule has 104 valence electrons. The van der Waals surface area contributed by atoms with E-state index in [2.05, 4.69) is 11.4 Å². The second-order valence-electron chi connectivity index (χ2n) is 4.66. The molecule has 2 N–H and O–H groups in total. The summed E-state index contributed by atoms with van der Waals surface area (Å²) in [5.41, 5.74) is 1.13. The van der Waals surface area contributed by atoms with Crippen LogP contribution in [0, 0.1) is 0 Å². The first-order valence-corrected chi connectivity index (χ1v) is 8.60. The zero-order valence-corrected chi connectivity index (χ0v) is 12.8. The van der Waals surface area contributed by atoms with Crippen molar-refractivity contribution < 1.29 is 9.90 Å². The van der Waals surface area contributed by atoms with E-state index in [4.69, 9.17) is 0 Å². The number of rotatable bonds is 5. The first-order valence-electron chi connectivity index (χ1n) is 6.33. The molecule has 1 heterocycles. The Bertz CT molecular complexity index is 449. The molecule has 1 aromatic rings. The number of carbonyl (C=O) groups is 1. The molecule has 0 saturated heterocycles. The van der Waals surface area contributed by atoms with E-state index in [1.807, 2.05) is 31.4 Å². The van der Waals surface area contributed by atoms with Crippen molar-refractivity contribution in [2.24, 2.45) is 0 Å². The average molecular weight is 297 g/mol. The fourth-order valence-electron chi connectivity index (χ4n) is 2.23. The van der Waals surface area contributed by atoms with Crippen molar-refractivity contribution in [1.29, 1.82) is 0 Å². The van der Waals surface area contributed by atoms with Gasteiger partial charge in [0.2, 0.25) is 5.91 Å². The Morgan fingerprint density at radius 3 is 3.00 bits per heavy atom. The Morgan fingerprint density at radius 1 is 1.58 bits per heavy atom. The van der Waals surface area contributed by atoms with E-state index in [1.165, 1.54) is 4.90 Å². The summed E-state index contributed by atoms with van der Waals surface area (Å²) in [4.78, 5) is 13.5. The van der Waals surface area contributed by atoms with Crippen LogP contribution >= 0.6 is 23.5 Å². The SMILES string of the molecule is CSC(CO)C(C)NC(=O)C1CSc2ccccc21. The molecule has 2 rings (SSSR count). The number of fused-ring (bicyclic) bond motifs is 1. The summed E-state index contributed by atoms with van der Waals surface area (Å²) >= 11 is 3.31. The largest absolute Gasteiger partial charge is 0.395 e. The molecule has 0 aliphatic carbocycles. The third-order valence-electron chi connectivity index (χ3n) is 3.43. The van der Waals surface area contributed by atoms with Crippen LogP contribution in [0.5, 0.6) is 0 Å². The predicted octanol–water partition coefficient (Wildman–Crippen LogP) is 2.10. The molecule has 1 aliphatic heterocycles. The maximum Gasteiger partial charge on any atom is 0.228 e. The number of aliphatic hydroxyl groups is 1. The lowest BCUT2D eigenvalue weighted by Gasteiger charge is -2.23. The first kappa shape index (κ1) is 14.8. The molecule has 5 heteroatoms. The molecule has 0 bridgehead atoms. The first-order chi connectivity index (χ1) is 9.17. The highest BCUT2D eigenvalue weighted by atomic mass is 32.2. The van der Waals surface area contributed by atoms with E-state index < -0.39 is 0 Å². The van der Waals surface area contributed by atoms with Crippen LogP contribution in [0.3, 0.4) is 0 Å². The van der Waals surface area contributed by atoms with E-state index in [0.717, 1.165) is 11.3 Å². The lowest BCUT2D eigenvalue weighted by molar-refractivity contribution is -0.122. The van der Waals surface area contributed by atoms with Crippen LogP contribution < -0.4 is 5.32 Å². The lowest BCUT2D eigenvalue weighted by atomic mass is 10.00. The van der Waals surface area contributed by atoms with E-state index >= 15 is 0 Å². The summed E-state index contributed by atoms with van der Waals surface area (Å²) in [7, 11) is 0. The van der Waals surface area contributed by atoms with Crippen molar-refractivity contribution >= 4 is 29.4 Å². The van der Waals surface area contributed by atoms with Gasteiger partial charge in [-0.3, -0.25) is 4.79 Å². The fourth-order valence-corrected chi connectivity index (χ4v) is 4.09. The molecule has 3 nitrogen and oxygen atoms in total. The Labute approximate surface area is 122 Å². The number of benzene rings is 1. The summed E-state index contributed by atoms with van der Waals surface area (Å²) in [6, 6.07) is 8.06. The lowest BCUT2D eigenvalue weighted by Crippen LogP contribution is -2.43. The summed E-state index contributed by atoms with van der Waals surface area (Å²) in [6.07, 6.45) is 1.95. The number of hydrogen-bond acceptors (Lipinski definition) is 4. The molecule has 1 aromatic carbocycles. The van der Waals surface area contributed by atoms with E-state index in [0.29, 0.717) is 0 Å². The zero-order chi connectivity index (χ0) is 13.8. The van der Waals surface area contributed by atoms with Crippen molar-refractivity contribution in [3.63, 3.8) is 0 Å². The van der Waals surface area contributed by atoms with Gasteiger partial charge in [0, 0.05) is 21.9 Å². The van der Waals surface area contributed by atoms with Gasteiger partial charge in [0.05, 0.1) is 12.5 Å². The van der Waals surface area contributed by atoms with Crippen LogP contribution in [-0.2, 0) is 4.79 Å². The fraction of sp³-hybridized carbons (Fsp3) is 0.500. The minimum Gasteiger partial charge on any atom is -0.395 e. The summed E-state index contributed by atoms with van der Waals surface area (Å²) in [5, 5.41) is 12.3. The van der Waals surface area contributed by atoms with Gasteiger partial charge < -0.3 is 10.4 Å². The van der Waals surface area contributed by atoms with Crippen molar-refractivity contribution in [3.05, 3.63) is 29.8 Å². The molecule has 0 saturated carbocycles. The topological polar surface area (TPSA) is 49.3 Å². The van der Waals surface area contributed by atoms with Crippen LogP contribution in [0.2, 0.25) is 0 Å². The van der Waals surface area contributed by atoms with Gasteiger partial charge in [-0.1, -0.05) is 18.2 Å². The summed E-state index contributed by atoms with van der Waals surface area (Å²) < 4.78 is 0. The van der Waals surface area contributed by atoms with Crippen LogP contribution in [0.1, 0.15) is 18.4 Å². The van der Waals surface area contributed by atoms with E-state index in [9.17, 15) is 9.90 Å². The van der Waals surface area contributed by atoms with Crippen LogP contribution in [-0.4, -0.2) is 40.9 Å². The summed E-state index contributed by atoms with van der Waals surface area (Å²) in [5.74, 6) is 0.809. The maximum absolute atomic E-state index is 12.3. The predicted molar refractivity (Wildman–Crippen MR) is 81.9 cm³/mol. The normalized spacial score (nSPS) is 20.7. The highest BCUT2D eigenvalue weighted by Gasteiger charge is 2.30. The van der Waals surface area contributed by atoms with Crippen LogP contribution in [0.25, 0.3) is 0 Å². The molecule has 19 heavy (non-hydrogen) atoms. The van der Waals surface area contributed by atoms with Gasteiger partial charge in [-0.2, -0.15) is 11.8 Å². The molecule has 3 atom stereocenters. The van der Waals surface area contributed by atoms with Crippen molar-refractivity contribution in [3.8, 4) is 0 Å². The molecule has 0 fully saturated rings. The van der Waals surface area contributed by atoms with Crippen LogP contribution in [0.4, 0.5) is 0 Å². The standard InChI is InChI=1S/C14H19NO2S2/c1-9(13(7-16)18-2)15-14(17)11-8-19-12-6-4-3-5-10(11)12/h3-6,9,11,13,16H,7-8H2,1-2H3,(H,15,17). The van der Waals surface area contributed by atoms with Gasteiger partial charge in [0.15, 0.2) is 0 Å². The minimum atomic E-state index is -0.0650. The highest BCUT2D eigenvalue weighted by molar-refractivity contribution is 7.99. The number of amides is 1. The maximum atomic E-state index is 12.3. The number of nitrogens with one attached hydrogen (secondary N) is 1.